The highest BCUT2D eigenvalue weighted by molar-refractivity contribution is 4.69. The van der Waals surface area contributed by atoms with Crippen molar-refractivity contribution in [2.24, 2.45) is 5.41 Å². The van der Waals surface area contributed by atoms with E-state index in [1.807, 2.05) is 0 Å². The maximum Gasteiger partial charge on any atom is -0.0354 e. The summed E-state index contributed by atoms with van der Waals surface area (Å²) in [5, 5.41) is 0. The van der Waals surface area contributed by atoms with Gasteiger partial charge in [0.05, 0.1) is 0 Å². The molecule has 0 fully saturated rings. The molecule has 0 aliphatic carbocycles. The summed E-state index contributed by atoms with van der Waals surface area (Å²) in [6.45, 7) is 12.3. The van der Waals surface area contributed by atoms with E-state index in [9.17, 15) is 0 Å². The normalized spacial score (nSPS) is 12.0. The lowest BCUT2D eigenvalue weighted by Crippen LogP contribution is -2.08. The third-order valence-corrected chi connectivity index (χ3v) is 2.03. The van der Waals surface area contributed by atoms with E-state index in [0.717, 1.165) is 12.8 Å². The maximum atomic E-state index is 3.92. The molecule has 0 aromatic heterocycles. The number of hydrogen-bond donors (Lipinski definition) is 0. The number of hydrogen-bond acceptors (Lipinski definition) is 0. The van der Waals surface area contributed by atoms with E-state index < -0.39 is 0 Å². The molecule has 0 N–H and O–H groups in total. The molecule has 0 aliphatic rings. The molecule has 2 radical (unpaired) electrons. The minimum Gasteiger partial charge on any atom is -0.0599 e. The van der Waals surface area contributed by atoms with Crippen LogP contribution in [-0.4, -0.2) is 0 Å². The Hall–Kier alpha value is 0. The fourth-order valence-corrected chi connectivity index (χ4v) is 0.905. The molecule has 0 rings (SSSR count). The van der Waals surface area contributed by atoms with Gasteiger partial charge in [-0.05, 0) is 18.3 Å². The zero-order valence-corrected chi connectivity index (χ0v) is 7.45. The zero-order valence-electron chi connectivity index (χ0n) is 7.45. The summed E-state index contributed by atoms with van der Waals surface area (Å²) in [6.07, 6.45) is 6.00. The molecule has 0 aromatic carbocycles. The predicted molar refractivity (Wildman–Crippen MR) is 47.6 cm³/mol. The largest absolute Gasteiger partial charge is 0.0599 e. The molecule has 0 amide bonds. The van der Waals surface area contributed by atoms with Crippen LogP contribution in [0.3, 0.4) is 0 Å². The second-order valence-corrected chi connectivity index (χ2v) is 3.72. The average Bonchev–Trinajstić information content (AvgIpc) is 1.89. The minimum atomic E-state index is 0.454. The van der Waals surface area contributed by atoms with Crippen molar-refractivity contribution in [2.75, 3.05) is 0 Å². The predicted octanol–water partition coefficient (Wildman–Crippen LogP) is 3.63. The van der Waals surface area contributed by atoms with Crippen molar-refractivity contribution in [3.8, 4) is 0 Å². The van der Waals surface area contributed by atoms with Crippen LogP contribution in [0, 0.1) is 19.3 Å². The second-order valence-electron chi connectivity index (χ2n) is 3.72. The van der Waals surface area contributed by atoms with Crippen molar-refractivity contribution in [1.82, 2.24) is 0 Å². The molecule has 0 aliphatic heterocycles. The lowest BCUT2D eigenvalue weighted by Gasteiger charge is -2.21. The standard InChI is InChI=1S/C10H20/c1-5-7-8-9-10(3,4)6-2/h1-2,5-9H2,3-4H3. The number of rotatable bonds is 5. The third-order valence-electron chi connectivity index (χ3n) is 2.03. The van der Waals surface area contributed by atoms with Gasteiger partial charge in [0.25, 0.3) is 0 Å². The van der Waals surface area contributed by atoms with Crippen LogP contribution in [-0.2, 0) is 0 Å². The van der Waals surface area contributed by atoms with Gasteiger partial charge in [-0.2, -0.15) is 0 Å². The van der Waals surface area contributed by atoms with Crippen LogP contribution in [0.4, 0.5) is 0 Å². The summed E-state index contributed by atoms with van der Waals surface area (Å²) < 4.78 is 0. The molecular weight excluding hydrogens is 120 g/mol. The topological polar surface area (TPSA) is 0 Å². The van der Waals surface area contributed by atoms with Gasteiger partial charge >= 0.3 is 0 Å². The van der Waals surface area contributed by atoms with Gasteiger partial charge in [0.1, 0.15) is 0 Å². The van der Waals surface area contributed by atoms with Gasteiger partial charge in [-0.3, -0.25) is 0 Å². The minimum absolute atomic E-state index is 0.454. The van der Waals surface area contributed by atoms with Crippen LogP contribution < -0.4 is 0 Å². The highest BCUT2D eigenvalue weighted by Gasteiger charge is 2.13. The van der Waals surface area contributed by atoms with E-state index in [2.05, 4.69) is 27.7 Å². The molecule has 0 heterocycles. The Bertz CT molecular complexity index is 72.1. The van der Waals surface area contributed by atoms with Crippen molar-refractivity contribution >= 4 is 0 Å². The first kappa shape index (κ1) is 10.0. The maximum absolute atomic E-state index is 3.92. The van der Waals surface area contributed by atoms with Crippen LogP contribution in [0.1, 0.15) is 46.0 Å². The molecule has 0 nitrogen and oxygen atoms in total. The fraction of sp³-hybridized carbons (Fsp3) is 0.800. The van der Waals surface area contributed by atoms with Gasteiger partial charge in [0.2, 0.25) is 0 Å². The zero-order chi connectivity index (χ0) is 8.04. The van der Waals surface area contributed by atoms with Gasteiger partial charge in [-0.25, -0.2) is 0 Å². The van der Waals surface area contributed by atoms with Crippen molar-refractivity contribution in [1.29, 1.82) is 0 Å². The summed E-state index contributed by atoms with van der Waals surface area (Å²) in [5.74, 6) is 0. The van der Waals surface area contributed by atoms with E-state index >= 15 is 0 Å². The summed E-state index contributed by atoms with van der Waals surface area (Å²) >= 11 is 0. The van der Waals surface area contributed by atoms with Crippen molar-refractivity contribution in [2.45, 2.75) is 46.0 Å². The summed E-state index contributed by atoms with van der Waals surface area (Å²) in [5.41, 5.74) is 0.454. The van der Waals surface area contributed by atoms with Crippen LogP contribution in [0.25, 0.3) is 0 Å². The fourth-order valence-electron chi connectivity index (χ4n) is 0.905. The highest BCUT2D eigenvalue weighted by Crippen LogP contribution is 2.26. The van der Waals surface area contributed by atoms with Crippen molar-refractivity contribution < 1.29 is 0 Å². The molecule has 0 spiro atoms. The summed E-state index contributed by atoms with van der Waals surface area (Å²) in [6, 6.07) is 0. The quantitative estimate of drug-likeness (QED) is 0.511. The SMILES string of the molecule is [CH2]CCCCC(C)(C)C[CH2]. The average molecular weight is 140 g/mol. The van der Waals surface area contributed by atoms with E-state index in [-0.39, 0.29) is 0 Å². The highest BCUT2D eigenvalue weighted by atomic mass is 14.2. The van der Waals surface area contributed by atoms with E-state index in [4.69, 9.17) is 0 Å². The van der Waals surface area contributed by atoms with Crippen LogP contribution in [0.5, 0.6) is 0 Å². The molecule has 0 heteroatoms. The first-order valence-electron chi connectivity index (χ1n) is 4.21. The Morgan fingerprint density at radius 1 is 1.10 bits per heavy atom. The number of unbranched alkanes of at least 4 members (excludes halogenated alkanes) is 2. The van der Waals surface area contributed by atoms with Crippen LogP contribution in [0.15, 0.2) is 0 Å². The molecule has 10 heavy (non-hydrogen) atoms. The van der Waals surface area contributed by atoms with E-state index in [1.54, 1.807) is 0 Å². The second kappa shape index (κ2) is 4.76. The molecule has 0 saturated carbocycles. The Morgan fingerprint density at radius 2 is 1.70 bits per heavy atom. The molecule has 0 atom stereocenters. The van der Waals surface area contributed by atoms with Crippen LogP contribution in [0.2, 0.25) is 0 Å². The molecule has 0 bridgehead atoms. The lowest BCUT2D eigenvalue weighted by atomic mass is 9.84. The first-order valence-corrected chi connectivity index (χ1v) is 4.21. The Kier molecular flexibility index (Phi) is 4.76. The monoisotopic (exact) mass is 140 g/mol. The van der Waals surface area contributed by atoms with Gasteiger partial charge < -0.3 is 0 Å². The lowest BCUT2D eigenvalue weighted by molar-refractivity contribution is 0.324. The molecule has 0 unspecified atom stereocenters. The van der Waals surface area contributed by atoms with E-state index in [0.29, 0.717) is 5.41 Å². The van der Waals surface area contributed by atoms with E-state index in [1.165, 1.54) is 19.3 Å². The Labute approximate surface area is 66.0 Å². The Balaban J connectivity index is 3.28. The summed E-state index contributed by atoms with van der Waals surface area (Å²) in [7, 11) is 0. The van der Waals surface area contributed by atoms with Crippen molar-refractivity contribution in [3.05, 3.63) is 13.8 Å². The van der Waals surface area contributed by atoms with Gasteiger partial charge in [-0.15, -0.1) is 0 Å². The first-order chi connectivity index (χ1) is 4.62. The molecule has 0 saturated heterocycles. The Morgan fingerprint density at radius 3 is 2.10 bits per heavy atom. The van der Waals surface area contributed by atoms with Gasteiger partial charge in [0, 0.05) is 0 Å². The van der Waals surface area contributed by atoms with Crippen molar-refractivity contribution in [3.63, 3.8) is 0 Å². The van der Waals surface area contributed by atoms with Crippen LogP contribution >= 0.6 is 0 Å². The van der Waals surface area contributed by atoms with Gasteiger partial charge in [-0.1, -0.05) is 47.0 Å². The summed E-state index contributed by atoms with van der Waals surface area (Å²) in [4.78, 5) is 0. The van der Waals surface area contributed by atoms with Gasteiger partial charge in [0.15, 0.2) is 0 Å². The smallest absolute Gasteiger partial charge is 0.0354 e. The third kappa shape index (κ3) is 4.84. The molecular formula is C10H20. The molecule has 0 aromatic rings. The molecule has 60 valence electrons.